The lowest BCUT2D eigenvalue weighted by atomic mass is 10.3. The van der Waals surface area contributed by atoms with Gasteiger partial charge in [0.2, 0.25) is 11.2 Å². The van der Waals surface area contributed by atoms with Crippen LogP contribution in [-0.4, -0.2) is 37.8 Å². The van der Waals surface area contributed by atoms with Gasteiger partial charge >= 0.3 is 6.01 Å². The second-order valence-electron chi connectivity index (χ2n) is 4.58. The topological polar surface area (TPSA) is 69.0 Å². The summed E-state index contributed by atoms with van der Waals surface area (Å²) in [7, 11) is 1.86. The van der Waals surface area contributed by atoms with Gasteiger partial charge in [-0.05, 0) is 39.3 Å². The predicted octanol–water partition coefficient (Wildman–Crippen LogP) is 2.51. The van der Waals surface area contributed by atoms with Crippen molar-refractivity contribution in [2.24, 2.45) is 7.05 Å². The molecule has 0 amide bonds. The molecule has 0 fully saturated rings. The number of hydrogen-bond acceptors (Lipinski definition) is 6. The van der Waals surface area contributed by atoms with Gasteiger partial charge in [0.15, 0.2) is 5.75 Å². The van der Waals surface area contributed by atoms with Gasteiger partial charge < -0.3 is 9.64 Å². The van der Waals surface area contributed by atoms with Crippen LogP contribution in [0.15, 0.2) is 0 Å². The standard InChI is InChI=1S/C13H19ClN6O/c1-6-20(7-2)12-15-11(14)16-13(17-12)21-10-8(3)18-19(5)9(10)4/h6-7H2,1-5H3. The van der Waals surface area contributed by atoms with Crippen LogP contribution in [0.2, 0.25) is 5.28 Å². The minimum absolute atomic E-state index is 0.112. The van der Waals surface area contributed by atoms with Crippen molar-refractivity contribution >= 4 is 17.5 Å². The summed E-state index contributed by atoms with van der Waals surface area (Å²) in [6.45, 7) is 9.40. The van der Waals surface area contributed by atoms with Crippen molar-refractivity contribution in [3.05, 3.63) is 16.7 Å². The first kappa shape index (κ1) is 15.5. The quantitative estimate of drug-likeness (QED) is 0.845. The first-order valence-corrected chi connectivity index (χ1v) is 7.18. The van der Waals surface area contributed by atoms with Crippen LogP contribution in [0, 0.1) is 13.8 Å². The summed E-state index contributed by atoms with van der Waals surface area (Å²) in [6.07, 6.45) is 0. The van der Waals surface area contributed by atoms with E-state index in [4.69, 9.17) is 16.3 Å². The van der Waals surface area contributed by atoms with Crippen molar-refractivity contribution in [3.63, 3.8) is 0 Å². The Balaban J connectivity index is 2.36. The summed E-state index contributed by atoms with van der Waals surface area (Å²) >= 11 is 5.97. The number of aryl methyl sites for hydroxylation is 2. The molecule has 7 nitrogen and oxygen atoms in total. The number of aromatic nitrogens is 5. The van der Waals surface area contributed by atoms with Crippen molar-refractivity contribution in [1.82, 2.24) is 24.7 Å². The monoisotopic (exact) mass is 310 g/mol. The third kappa shape index (κ3) is 3.24. The van der Waals surface area contributed by atoms with Gasteiger partial charge in [-0.1, -0.05) is 0 Å². The Morgan fingerprint density at radius 1 is 1.14 bits per heavy atom. The molecule has 0 aliphatic rings. The van der Waals surface area contributed by atoms with Gasteiger partial charge in [0.1, 0.15) is 5.69 Å². The number of halogens is 1. The van der Waals surface area contributed by atoms with E-state index in [2.05, 4.69) is 20.1 Å². The average molecular weight is 311 g/mol. The van der Waals surface area contributed by atoms with E-state index < -0.39 is 0 Å². The van der Waals surface area contributed by atoms with Crippen molar-refractivity contribution in [3.8, 4) is 11.8 Å². The summed E-state index contributed by atoms with van der Waals surface area (Å²) < 4.78 is 7.51. The fourth-order valence-electron chi connectivity index (χ4n) is 2.01. The van der Waals surface area contributed by atoms with E-state index in [9.17, 15) is 0 Å². The van der Waals surface area contributed by atoms with Gasteiger partial charge in [-0.25, -0.2) is 0 Å². The van der Waals surface area contributed by atoms with Crippen molar-refractivity contribution in [2.45, 2.75) is 27.7 Å². The van der Waals surface area contributed by atoms with Crippen molar-refractivity contribution in [2.75, 3.05) is 18.0 Å². The molecule has 0 unspecified atom stereocenters. The molecule has 0 saturated heterocycles. The van der Waals surface area contributed by atoms with Gasteiger partial charge in [0, 0.05) is 20.1 Å². The van der Waals surface area contributed by atoms with Crippen LogP contribution in [0.25, 0.3) is 0 Å². The molecule has 2 heterocycles. The van der Waals surface area contributed by atoms with Gasteiger partial charge in [-0.3, -0.25) is 4.68 Å². The summed E-state index contributed by atoms with van der Waals surface area (Å²) in [5, 5.41) is 4.41. The maximum atomic E-state index is 5.97. The molecule has 0 bridgehead atoms. The molecule has 0 aliphatic heterocycles. The number of ether oxygens (including phenoxy) is 1. The minimum Gasteiger partial charge on any atom is -0.420 e. The largest absolute Gasteiger partial charge is 0.420 e. The molecule has 114 valence electrons. The molecule has 0 radical (unpaired) electrons. The first-order chi connectivity index (χ1) is 9.96. The van der Waals surface area contributed by atoms with Gasteiger partial charge in [0.25, 0.3) is 0 Å². The molecule has 2 rings (SSSR count). The van der Waals surface area contributed by atoms with Gasteiger partial charge in [0.05, 0.1) is 5.69 Å². The second-order valence-corrected chi connectivity index (χ2v) is 4.92. The Bertz CT molecular complexity index is 638. The number of nitrogens with zero attached hydrogens (tertiary/aromatic N) is 6. The lowest BCUT2D eigenvalue weighted by molar-refractivity contribution is 0.432. The number of hydrogen-bond donors (Lipinski definition) is 0. The molecule has 2 aromatic heterocycles. The SMILES string of the molecule is CCN(CC)c1nc(Cl)nc(Oc2c(C)nn(C)c2C)n1. The van der Waals surface area contributed by atoms with E-state index in [0.717, 1.165) is 24.5 Å². The summed E-state index contributed by atoms with van der Waals surface area (Å²) in [5.74, 6) is 1.15. The van der Waals surface area contributed by atoms with Crippen LogP contribution >= 0.6 is 11.6 Å². The fourth-order valence-corrected chi connectivity index (χ4v) is 2.16. The molecule has 2 aromatic rings. The molecule has 0 aliphatic carbocycles. The minimum atomic E-state index is 0.112. The Morgan fingerprint density at radius 2 is 1.81 bits per heavy atom. The zero-order chi connectivity index (χ0) is 15.6. The van der Waals surface area contributed by atoms with Gasteiger partial charge in [-0.15, -0.1) is 0 Å². The highest BCUT2D eigenvalue weighted by molar-refractivity contribution is 6.28. The average Bonchev–Trinajstić information content (AvgIpc) is 2.66. The smallest absolute Gasteiger partial charge is 0.328 e. The normalized spacial score (nSPS) is 10.8. The molecule has 0 spiro atoms. The van der Waals surface area contributed by atoms with Crippen LogP contribution in [0.5, 0.6) is 11.8 Å². The fraction of sp³-hybridized carbons (Fsp3) is 0.538. The highest BCUT2D eigenvalue weighted by Crippen LogP contribution is 2.27. The molecule has 8 heteroatoms. The third-order valence-electron chi connectivity index (χ3n) is 3.26. The van der Waals surface area contributed by atoms with Crippen LogP contribution < -0.4 is 9.64 Å². The van der Waals surface area contributed by atoms with Crippen LogP contribution in [0.1, 0.15) is 25.2 Å². The van der Waals surface area contributed by atoms with Crippen molar-refractivity contribution < 1.29 is 4.74 Å². The van der Waals surface area contributed by atoms with Crippen LogP contribution in [-0.2, 0) is 7.05 Å². The zero-order valence-electron chi connectivity index (χ0n) is 12.9. The van der Waals surface area contributed by atoms with E-state index in [1.54, 1.807) is 4.68 Å². The van der Waals surface area contributed by atoms with E-state index in [1.807, 2.05) is 39.6 Å². The van der Waals surface area contributed by atoms with Crippen molar-refractivity contribution in [1.29, 1.82) is 0 Å². The third-order valence-corrected chi connectivity index (χ3v) is 3.43. The Hall–Kier alpha value is -1.89. The summed E-state index contributed by atoms with van der Waals surface area (Å²) in [4.78, 5) is 14.5. The van der Waals surface area contributed by atoms with E-state index in [0.29, 0.717) is 11.7 Å². The van der Waals surface area contributed by atoms with Crippen LogP contribution in [0.3, 0.4) is 0 Å². The maximum Gasteiger partial charge on any atom is 0.328 e. The van der Waals surface area contributed by atoms with Crippen LogP contribution in [0.4, 0.5) is 5.95 Å². The number of rotatable bonds is 5. The maximum absolute atomic E-state index is 5.97. The lowest BCUT2D eigenvalue weighted by Gasteiger charge is -2.18. The Kier molecular flexibility index (Phi) is 4.62. The molecule has 0 atom stereocenters. The van der Waals surface area contributed by atoms with E-state index in [1.165, 1.54) is 0 Å². The highest BCUT2D eigenvalue weighted by atomic mass is 35.5. The van der Waals surface area contributed by atoms with E-state index in [-0.39, 0.29) is 11.3 Å². The summed E-state index contributed by atoms with van der Waals surface area (Å²) in [6, 6.07) is 0.177. The Morgan fingerprint density at radius 3 is 2.33 bits per heavy atom. The van der Waals surface area contributed by atoms with Gasteiger partial charge in [-0.2, -0.15) is 20.1 Å². The highest BCUT2D eigenvalue weighted by Gasteiger charge is 2.16. The molecule has 0 N–H and O–H groups in total. The van der Waals surface area contributed by atoms with E-state index >= 15 is 0 Å². The Labute approximate surface area is 128 Å². The first-order valence-electron chi connectivity index (χ1n) is 6.80. The summed E-state index contributed by atoms with van der Waals surface area (Å²) in [5.41, 5.74) is 1.67. The second kappa shape index (κ2) is 6.26. The molecule has 0 aromatic carbocycles. The molecular weight excluding hydrogens is 292 g/mol. The number of anilines is 1. The molecule has 0 saturated carbocycles. The lowest BCUT2D eigenvalue weighted by Crippen LogP contribution is -2.24. The molecule has 21 heavy (non-hydrogen) atoms. The molecular formula is C13H19ClN6O. The zero-order valence-corrected chi connectivity index (χ0v) is 13.6. The predicted molar refractivity (Wildman–Crippen MR) is 81.2 cm³/mol.